The maximum atomic E-state index is 5.90. The summed E-state index contributed by atoms with van der Waals surface area (Å²) in [6, 6.07) is 5.87. The number of thiophene rings is 1. The van der Waals surface area contributed by atoms with Crippen molar-refractivity contribution in [2.75, 3.05) is 5.73 Å². The van der Waals surface area contributed by atoms with E-state index in [-0.39, 0.29) is 6.04 Å². The van der Waals surface area contributed by atoms with E-state index in [0.29, 0.717) is 5.82 Å². The number of hydrazine groups is 1. The Kier molecular flexibility index (Phi) is 3.19. The standard InChI is InChI=1S/C11H14N4S/c1-7-4-5-14-11(12)9(7)10(15-13)8-3-2-6-16-8/h2-6,10,15H,13H2,1H3,(H2,12,14). The van der Waals surface area contributed by atoms with Gasteiger partial charge in [0.1, 0.15) is 5.82 Å². The van der Waals surface area contributed by atoms with E-state index in [2.05, 4.69) is 10.4 Å². The maximum Gasteiger partial charge on any atom is 0.128 e. The number of nitrogens with two attached hydrogens (primary N) is 2. The molecule has 1 atom stereocenters. The molecular weight excluding hydrogens is 220 g/mol. The second-order valence-electron chi connectivity index (χ2n) is 3.54. The molecule has 5 N–H and O–H groups in total. The Labute approximate surface area is 98.3 Å². The van der Waals surface area contributed by atoms with E-state index in [1.807, 2.05) is 30.5 Å². The highest BCUT2D eigenvalue weighted by Gasteiger charge is 2.18. The van der Waals surface area contributed by atoms with Crippen molar-refractivity contribution in [3.8, 4) is 0 Å². The number of aryl methyl sites for hydroxylation is 1. The number of hydrogen-bond donors (Lipinski definition) is 3. The van der Waals surface area contributed by atoms with E-state index in [1.165, 1.54) is 0 Å². The molecule has 0 spiro atoms. The lowest BCUT2D eigenvalue weighted by Crippen LogP contribution is -2.29. The first-order valence-corrected chi connectivity index (χ1v) is 5.82. The average molecular weight is 234 g/mol. The van der Waals surface area contributed by atoms with Crippen LogP contribution < -0.4 is 17.0 Å². The summed E-state index contributed by atoms with van der Waals surface area (Å²) in [6.07, 6.45) is 1.70. The van der Waals surface area contributed by atoms with Gasteiger partial charge in [-0.05, 0) is 30.0 Å². The van der Waals surface area contributed by atoms with E-state index in [0.717, 1.165) is 16.0 Å². The summed E-state index contributed by atoms with van der Waals surface area (Å²) < 4.78 is 0. The van der Waals surface area contributed by atoms with Crippen LogP contribution >= 0.6 is 11.3 Å². The highest BCUT2D eigenvalue weighted by atomic mass is 32.1. The molecule has 0 saturated heterocycles. The molecule has 2 aromatic rings. The zero-order valence-electron chi connectivity index (χ0n) is 8.97. The number of nitrogen functional groups attached to an aromatic ring is 1. The van der Waals surface area contributed by atoms with Gasteiger partial charge in [-0.1, -0.05) is 6.07 Å². The van der Waals surface area contributed by atoms with E-state index in [4.69, 9.17) is 11.6 Å². The molecule has 84 valence electrons. The van der Waals surface area contributed by atoms with Gasteiger partial charge < -0.3 is 5.73 Å². The predicted octanol–water partition coefficient (Wildman–Crippen LogP) is 1.59. The summed E-state index contributed by atoms with van der Waals surface area (Å²) in [4.78, 5) is 5.24. The SMILES string of the molecule is Cc1ccnc(N)c1C(NN)c1cccs1. The maximum absolute atomic E-state index is 5.90. The van der Waals surface area contributed by atoms with Crippen LogP contribution in [-0.4, -0.2) is 4.98 Å². The Morgan fingerprint density at radius 2 is 2.25 bits per heavy atom. The number of nitrogens with zero attached hydrogens (tertiary/aromatic N) is 1. The van der Waals surface area contributed by atoms with Crippen LogP contribution in [0.2, 0.25) is 0 Å². The van der Waals surface area contributed by atoms with Gasteiger partial charge in [0.15, 0.2) is 0 Å². The number of rotatable bonds is 3. The van der Waals surface area contributed by atoms with Crippen LogP contribution in [0.25, 0.3) is 0 Å². The molecule has 1 unspecified atom stereocenters. The summed E-state index contributed by atoms with van der Waals surface area (Å²) in [5.41, 5.74) is 10.7. The second-order valence-corrected chi connectivity index (χ2v) is 4.52. The molecule has 0 amide bonds. The zero-order chi connectivity index (χ0) is 11.5. The van der Waals surface area contributed by atoms with Crippen LogP contribution in [0.15, 0.2) is 29.8 Å². The van der Waals surface area contributed by atoms with Crippen LogP contribution in [-0.2, 0) is 0 Å². The fraction of sp³-hybridized carbons (Fsp3) is 0.182. The number of anilines is 1. The summed E-state index contributed by atoms with van der Waals surface area (Å²) in [5, 5.41) is 2.02. The second kappa shape index (κ2) is 4.61. The van der Waals surface area contributed by atoms with Gasteiger partial charge in [0, 0.05) is 16.6 Å². The van der Waals surface area contributed by atoms with Gasteiger partial charge in [-0.2, -0.15) is 0 Å². The predicted molar refractivity (Wildman–Crippen MR) is 66.9 cm³/mol. The van der Waals surface area contributed by atoms with Crippen molar-refractivity contribution in [2.45, 2.75) is 13.0 Å². The molecule has 0 fully saturated rings. The Hall–Kier alpha value is -1.43. The third-order valence-electron chi connectivity index (χ3n) is 2.52. The van der Waals surface area contributed by atoms with E-state index >= 15 is 0 Å². The van der Waals surface area contributed by atoms with Crippen molar-refractivity contribution in [3.63, 3.8) is 0 Å². The number of nitrogens with one attached hydrogen (secondary N) is 1. The van der Waals surface area contributed by atoms with Crippen molar-refractivity contribution in [1.82, 2.24) is 10.4 Å². The van der Waals surface area contributed by atoms with E-state index in [9.17, 15) is 0 Å². The highest BCUT2D eigenvalue weighted by molar-refractivity contribution is 7.10. The van der Waals surface area contributed by atoms with Crippen LogP contribution in [0.5, 0.6) is 0 Å². The number of pyridine rings is 1. The number of aromatic nitrogens is 1. The van der Waals surface area contributed by atoms with Crippen LogP contribution in [0.1, 0.15) is 22.0 Å². The largest absolute Gasteiger partial charge is 0.383 e. The Balaban J connectivity index is 2.49. The minimum atomic E-state index is -0.0892. The van der Waals surface area contributed by atoms with Crippen LogP contribution in [0, 0.1) is 6.92 Å². The summed E-state index contributed by atoms with van der Waals surface area (Å²) in [6.45, 7) is 2.01. The van der Waals surface area contributed by atoms with Crippen molar-refractivity contribution in [2.24, 2.45) is 5.84 Å². The summed E-state index contributed by atoms with van der Waals surface area (Å²) >= 11 is 1.64. The molecule has 4 nitrogen and oxygen atoms in total. The van der Waals surface area contributed by atoms with Gasteiger partial charge in [-0.3, -0.25) is 5.84 Å². The van der Waals surface area contributed by atoms with Gasteiger partial charge in [-0.15, -0.1) is 11.3 Å². The Morgan fingerprint density at radius 1 is 1.44 bits per heavy atom. The molecule has 2 heterocycles. The lowest BCUT2D eigenvalue weighted by molar-refractivity contribution is 0.643. The smallest absolute Gasteiger partial charge is 0.128 e. The minimum Gasteiger partial charge on any atom is -0.383 e. The lowest BCUT2D eigenvalue weighted by atomic mass is 10.0. The summed E-state index contributed by atoms with van der Waals surface area (Å²) in [7, 11) is 0. The quantitative estimate of drug-likeness (QED) is 0.556. The molecule has 2 rings (SSSR count). The molecule has 0 saturated carbocycles. The lowest BCUT2D eigenvalue weighted by Gasteiger charge is -2.18. The molecule has 16 heavy (non-hydrogen) atoms. The fourth-order valence-corrected chi connectivity index (χ4v) is 2.52. The van der Waals surface area contributed by atoms with Crippen molar-refractivity contribution in [3.05, 3.63) is 45.8 Å². The van der Waals surface area contributed by atoms with Gasteiger partial charge in [0.25, 0.3) is 0 Å². The van der Waals surface area contributed by atoms with Crippen LogP contribution in [0.4, 0.5) is 5.82 Å². The Morgan fingerprint density at radius 3 is 2.81 bits per heavy atom. The normalized spacial score (nSPS) is 12.6. The molecule has 0 radical (unpaired) electrons. The first-order chi connectivity index (χ1) is 7.74. The molecular formula is C11H14N4S. The van der Waals surface area contributed by atoms with E-state index in [1.54, 1.807) is 17.5 Å². The molecule has 0 aliphatic carbocycles. The molecule has 0 aliphatic rings. The van der Waals surface area contributed by atoms with Crippen molar-refractivity contribution < 1.29 is 0 Å². The van der Waals surface area contributed by atoms with Crippen molar-refractivity contribution >= 4 is 17.2 Å². The molecule has 5 heteroatoms. The molecule has 0 aromatic carbocycles. The van der Waals surface area contributed by atoms with Gasteiger partial charge >= 0.3 is 0 Å². The Bertz CT molecular complexity index is 447. The highest BCUT2D eigenvalue weighted by Crippen LogP contribution is 2.30. The fourth-order valence-electron chi connectivity index (χ4n) is 1.73. The van der Waals surface area contributed by atoms with Gasteiger partial charge in [-0.25, -0.2) is 10.4 Å². The average Bonchev–Trinajstić information content (AvgIpc) is 2.77. The van der Waals surface area contributed by atoms with Crippen LogP contribution in [0.3, 0.4) is 0 Å². The van der Waals surface area contributed by atoms with E-state index < -0.39 is 0 Å². The van der Waals surface area contributed by atoms with Crippen molar-refractivity contribution in [1.29, 1.82) is 0 Å². The van der Waals surface area contributed by atoms with Gasteiger partial charge in [0.2, 0.25) is 0 Å². The first kappa shape index (κ1) is 11.1. The first-order valence-electron chi connectivity index (χ1n) is 4.94. The molecule has 0 aliphatic heterocycles. The molecule has 2 aromatic heterocycles. The molecule has 0 bridgehead atoms. The van der Waals surface area contributed by atoms with Gasteiger partial charge in [0.05, 0.1) is 6.04 Å². The number of hydrogen-bond acceptors (Lipinski definition) is 5. The third-order valence-corrected chi connectivity index (χ3v) is 3.46. The monoisotopic (exact) mass is 234 g/mol. The third kappa shape index (κ3) is 1.92. The zero-order valence-corrected chi connectivity index (χ0v) is 9.79. The topological polar surface area (TPSA) is 77.0 Å². The summed E-state index contributed by atoms with van der Waals surface area (Å²) in [5.74, 6) is 6.13. The minimum absolute atomic E-state index is 0.0892.